The van der Waals surface area contributed by atoms with E-state index >= 15 is 0 Å². The van der Waals surface area contributed by atoms with Crippen LogP contribution in [0.25, 0.3) is 11.0 Å². The second kappa shape index (κ2) is 13.4. The molecular formula is C36H54BNO6. The number of ether oxygens (including phenoxy) is 1. The first-order valence-corrected chi connectivity index (χ1v) is 16.7. The number of likely N-dealkylation sites (tertiary alicyclic amines) is 1. The summed E-state index contributed by atoms with van der Waals surface area (Å²) in [6, 6.07) is 8.42. The van der Waals surface area contributed by atoms with E-state index in [2.05, 4.69) is 46.4 Å². The van der Waals surface area contributed by atoms with Crippen LogP contribution in [0.5, 0.6) is 0 Å². The predicted molar refractivity (Wildman–Crippen MR) is 176 cm³/mol. The van der Waals surface area contributed by atoms with Gasteiger partial charge in [-0.2, -0.15) is 0 Å². The van der Waals surface area contributed by atoms with Crippen molar-refractivity contribution in [3.05, 3.63) is 48.7 Å². The highest BCUT2D eigenvalue weighted by Crippen LogP contribution is 2.66. The highest BCUT2D eigenvalue weighted by Gasteiger charge is 2.68. The van der Waals surface area contributed by atoms with Gasteiger partial charge in [0.1, 0.15) is 12.2 Å². The largest absolute Gasteiger partial charge is 0.464 e. The van der Waals surface area contributed by atoms with Crippen molar-refractivity contribution in [2.75, 3.05) is 6.61 Å². The first kappa shape index (κ1) is 34.3. The maximum absolute atomic E-state index is 11.9. The van der Waals surface area contributed by atoms with Crippen LogP contribution in [0.3, 0.4) is 0 Å². The molecule has 0 N–H and O–H groups in total. The number of furan rings is 1. The highest BCUT2D eigenvalue weighted by atomic mass is 16.7. The van der Waals surface area contributed by atoms with Gasteiger partial charge < -0.3 is 23.4 Å². The molecular weight excluding hydrogens is 553 g/mol. The van der Waals surface area contributed by atoms with E-state index in [0.29, 0.717) is 17.2 Å². The van der Waals surface area contributed by atoms with E-state index in [1.54, 1.807) is 0 Å². The van der Waals surface area contributed by atoms with Gasteiger partial charge >= 0.3 is 13.1 Å². The molecule has 5 aliphatic rings. The average molecular weight is 608 g/mol. The van der Waals surface area contributed by atoms with Crippen molar-refractivity contribution in [2.45, 2.75) is 130 Å². The topological polar surface area (TPSA) is 78.2 Å². The predicted octanol–water partition coefficient (Wildman–Crippen LogP) is 8.02. The molecule has 3 unspecified atom stereocenters. The lowest BCUT2D eigenvalue weighted by Gasteiger charge is -2.64. The van der Waals surface area contributed by atoms with E-state index in [0.717, 1.165) is 43.6 Å². The third-order valence-corrected chi connectivity index (χ3v) is 11.1. The van der Waals surface area contributed by atoms with Crippen LogP contribution in [-0.4, -0.2) is 53.8 Å². The number of nitrogens with zero attached hydrogens (tertiary/aromatic N) is 1. The molecule has 7 atom stereocenters. The number of carbonyl (C=O) groups excluding carboxylic acids is 2. The fourth-order valence-electron chi connectivity index (χ4n) is 8.35. The summed E-state index contributed by atoms with van der Waals surface area (Å²) in [4.78, 5) is 24.7. The van der Waals surface area contributed by atoms with Gasteiger partial charge in [-0.3, -0.25) is 9.59 Å². The van der Waals surface area contributed by atoms with Gasteiger partial charge in [0.2, 0.25) is 5.91 Å². The number of rotatable bonds is 7. The summed E-state index contributed by atoms with van der Waals surface area (Å²) in [7, 11) is -0.112. The molecule has 2 aromatic rings. The van der Waals surface area contributed by atoms with Crippen molar-refractivity contribution in [1.29, 1.82) is 0 Å². The molecule has 2 bridgehead atoms. The van der Waals surface area contributed by atoms with Gasteiger partial charge in [-0.05, 0) is 93.1 Å². The van der Waals surface area contributed by atoms with Crippen molar-refractivity contribution >= 4 is 30.0 Å². The van der Waals surface area contributed by atoms with E-state index in [9.17, 15) is 9.59 Å². The van der Waals surface area contributed by atoms with Crippen molar-refractivity contribution in [1.82, 2.24) is 4.90 Å². The normalized spacial score (nSPS) is 31.9. The molecule has 1 aromatic carbocycles. The second-order valence-electron chi connectivity index (χ2n) is 13.9. The lowest BCUT2D eigenvalue weighted by molar-refractivity contribution is -0.199. The maximum atomic E-state index is 11.9. The third kappa shape index (κ3) is 6.13. The van der Waals surface area contributed by atoms with E-state index in [-0.39, 0.29) is 48.9 Å². The average Bonchev–Trinajstić information content (AvgIpc) is 3.69. The molecule has 0 spiro atoms. The standard InChI is InChI=1S/C21H27BO3.C13H21NO3.C2H6/c1-13(9-14-12-23-17-8-6-5-7-16(14)17)22-24-19-11-15-10-18(20(15,2)3)21(19,4)25-22;1-5-12(16)14-10(3)7-8-13(14,6-2)9-17-11(4)15;1-2/h5-8,12-13,15,18-19H,9-11H2,1-4H3;5,10H,1,6-9H2,2-4H3;1-2H3/t13-,15?,18?,19+,21-;10?,13-;/m01./s1. The maximum Gasteiger partial charge on any atom is 0.461 e. The van der Waals surface area contributed by atoms with Gasteiger partial charge in [-0.25, -0.2) is 0 Å². The van der Waals surface area contributed by atoms with Gasteiger partial charge in [0.15, 0.2) is 0 Å². The van der Waals surface area contributed by atoms with Crippen molar-refractivity contribution in [2.24, 2.45) is 17.3 Å². The third-order valence-electron chi connectivity index (χ3n) is 11.1. The molecule has 7 nitrogen and oxygen atoms in total. The number of esters is 1. The summed E-state index contributed by atoms with van der Waals surface area (Å²) in [6.45, 7) is 22.6. The Kier molecular flexibility index (Phi) is 10.5. The fraction of sp³-hybridized carbons (Fsp3) is 0.667. The minimum atomic E-state index is -0.351. The quantitative estimate of drug-likeness (QED) is 0.180. The van der Waals surface area contributed by atoms with Crippen LogP contribution in [-0.2, 0) is 30.1 Å². The van der Waals surface area contributed by atoms with Crippen molar-refractivity contribution < 1.29 is 28.1 Å². The zero-order valence-corrected chi connectivity index (χ0v) is 28.5. The number of benzene rings is 1. The van der Waals surface area contributed by atoms with E-state index in [4.69, 9.17) is 18.5 Å². The zero-order valence-electron chi connectivity index (χ0n) is 28.5. The number of fused-ring (bicyclic) bond motifs is 1. The summed E-state index contributed by atoms with van der Waals surface area (Å²) in [5.41, 5.74) is 2.14. The molecule has 0 radical (unpaired) electrons. The van der Waals surface area contributed by atoms with Gasteiger partial charge in [-0.1, -0.05) is 66.3 Å². The Morgan fingerprint density at radius 2 is 1.91 bits per heavy atom. The van der Waals surface area contributed by atoms with Crippen molar-refractivity contribution in [3.8, 4) is 0 Å². The number of para-hydroxylation sites is 1. The fourth-order valence-corrected chi connectivity index (χ4v) is 8.35. The van der Waals surface area contributed by atoms with Crippen LogP contribution in [0.2, 0.25) is 5.82 Å². The Morgan fingerprint density at radius 1 is 1.20 bits per heavy atom. The van der Waals surface area contributed by atoms with Gasteiger partial charge in [0.05, 0.1) is 23.5 Å². The van der Waals surface area contributed by atoms with Crippen LogP contribution in [0.15, 0.2) is 47.6 Å². The number of amides is 1. The molecule has 242 valence electrons. The Morgan fingerprint density at radius 3 is 2.55 bits per heavy atom. The molecule has 1 amide bonds. The Hall–Kier alpha value is -2.58. The number of hydrogen-bond acceptors (Lipinski definition) is 6. The van der Waals surface area contributed by atoms with E-state index < -0.39 is 0 Å². The van der Waals surface area contributed by atoms with E-state index in [1.807, 2.05) is 51.0 Å². The Bertz CT molecular complexity index is 1320. The zero-order chi connectivity index (χ0) is 32.4. The highest BCUT2D eigenvalue weighted by molar-refractivity contribution is 6.47. The molecule has 3 saturated carbocycles. The van der Waals surface area contributed by atoms with Crippen LogP contribution in [0, 0.1) is 17.3 Å². The summed E-state index contributed by atoms with van der Waals surface area (Å²) in [6.07, 6.45) is 9.45. The number of hydrogen-bond donors (Lipinski definition) is 0. The van der Waals surface area contributed by atoms with Crippen LogP contribution >= 0.6 is 0 Å². The van der Waals surface area contributed by atoms with Crippen molar-refractivity contribution in [3.63, 3.8) is 0 Å². The molecule has 2 aliphatic heterocycles. The van der Waals surface area contributed by atoms with Gasteiger partial charge in [-0.15, -0.1) is 0 Å². The van der Waals surface area contributed by atoms with Gasteiger partial charge in [0.25, 0.3) is 0 Å². The minimum Gasteiger partial charge on any atom is -0.464 e. The first-order valence-electron chi connectivity index (χ1n) is 16.7. The van der Waals surface area contributed by atoms with Crippen LogP contribution in [0.1, 0.15) is 100.0 Å². The molecule has 3 heterocycles. The number of carbonyl (C=O) groups is 2. The van der Waals surface area contributed by atoms with Crippen LogP contribution in [0.4, 0.5) is 0 Å². The SMILES string of the molecule is C=CC(=O)N1C(C)CC[C@]1(CC)COC(C)=O.CC.C[C@@H](Cc1coc2ccccc12)B1O[C@@H]2CC3CC(C3(C)C)[C@]2(C)O1. The molecule has 8 heteroatoms. The van der Waals surface area contributed by atoms with Gasteiger partial charge in [0, 0.05) is 18.4 Å². The molecule has 2 saturated heterocycles. The Balaban J connectivity index is 0.000000205. The first-order chi connectivity index (χ1) is 20.9. The summed E-state index contributed by atoms with van der Waals surface area (Å²) < 4.78 is 23.9. The lowest BCUT2D eigenvalue weighted by Crippen LogP contribution is -2.65. The smallest absolute Gasteiger partial charge is 0.461 e. The Labute approximate surface area is 265 Å². The molecule has 7 rings (SSSR count). The second-order valence-corrected chi connectivity index (χ2v) is 13.9. The molecule has 1 aromatic heterocycles. The summed E-state index contributed by atoms with van der Waals surface area (Å²) in [5.74, 6) is 1.35. The van der Waals surface area contributed by atoms with E-state index in [1.165, 1.54) is 30.4 Å². The summed E-state index contributed by atoms with van der Waals surface area (Å²) >= 11 is 0. The monoisotopic (exact) mass is 607 g/mol. The molecule has 3 aliphatic carbocycles. The van der Waals surface area contributed by atoms with Crippen LogP contribution < -0.4 is 0 Å². The molecule has 5 fully saturated rings. The molecule has 44 heavy (non-hydrogen) atoms. The minimum absolute atomic E-state index is 0.0796. The summed E-state index contributed by atoms with van der Waals surface area (Å²) in [5, 5.41) is 1.21. The lowest BCUT2D eigenvalue weighted by atomic mass is 9.43.